The maximum Gasteiger partial charge on any atom is 0.295 e. The second-order valence-corrected chi connectivity index (χ2v) is 8.48. The average molecular weight is 421 g/mol. The number of aryl methyl sites for hydroxylation is 1. The van der Waals surface area contributed by atoms with Crippen LogP contribution in [0.25, 0.3) is 5.76 Å². The molecule has 2 aromatic rings. The Labute approximate surface area is 185 Å². The molecule has 5 heteroatoms. The largest absolute Gasteiger partial charge is 0.507 e. The Hall–Kier alpha value is -3.08. The molecular formula is C26H32N2O3. The molecule has 1 N–H and O–H groups in total. The van der Waals surface area contributed by atoms with Crippen LogP contribution in [-0.2, 0) is 9.59 Å². The zero-order valence-electron chi connectivity index (χ0n) is 19.1. The molecule has 0 bridgehead atoms. The van der Waals surface area contributed by atoms with Gasteiger partial charge >= 0.3 is 0 Å². The van der Waals surface area contributed by atoms with Gasteiger partial charge in [0.15, 0.2) is 0 Å². The number of nitrogens with zero attached hydrogens (tertiary/aromatic N) is 2. The normalized spacial score (nSPS) is 18.1. The summed E-state index contributed by atoms with van der Waals surface area (Å²) in [7, 11) is 0. The number of hydrogen-bond acceptors (Lipinski definition) is 4. The van der Waals surface area contributed by atoms with Gasteiger partial charge in [0.25, 0.3) is 11.7 Å². The number of anilines is 1. The Morgan fingerprint density at radius 3 is 2.10 bits per heavy atom. The van der Waals surface area contributed by atoms with Crippen LogP contribution in [0.5, 0.6) is 0 Å². The molecule has 2 aromatic carbocycles. The van der Waals surface area contributed by atoms with Gasteiger partial charge < -0.3 is 14.9 Å². The van der Waals surface area contributed by atoms with E-state index in [-0.39, 0.29) is 17.3 Å². The molecule has 5 nitrogen and oxygen atoms in total. The number of hydrogen-bond donors (Lipinski definition) is 1. The van der Waals surface area contributed by atoms with Gasteiger partial charge in [-0.15, -0.1) is 0 Å². The first-order valence-electron chi connectivity index (χ1n) is 11.0. The lowest BCUT2D eigenvalue weighted by atomic mass is 9.94. The lowest BCUT2D eigenvalue weighted by molar-refractivity contribution is -0.140. The Kier molecular flexibility index (Phi) is 6.84. The third kappa shape index (κ3) is 4.50. The van der Waals surface area contributed by atoms with Gasteiger partial charge in [-0.2, -0.15) is 0 Å². The number of ketones is 1. The van der Waals surface area contributed by atoms with Crippen LogP contribution in [0.2, 0.25) is 0 Å². The minimum atomic E-state index is -0.628. The molecule has 1 heterocycles. The summed E-state index contributed by atoms with van der Waals surface area (Å²) >= 11 is 0. The summed E-state index contributed by atoms with van der Waals surface area (Å²) in [6, 6.07) is 14.7. The van der Waals surface area contributed by atoms with Crippen molar-refractivity contribution in [2.45, 2.75) is 40.7 Å². The van der Waals surface area contributed by atoms with Crippen molar-refractivity contribution in [3.05, 3.63) is 70.8 Å². The number of carbonyl (C=O) groups excluding carboxylic acids is 2. The van der Waals surface area contributed by atoms with E-state index in [9.17, 15) is 14.7 Å². The quantitative estimate of drug-likeness (QED) is 0.392. The van der Waals surface area contributed by atoms with E-state index >= 15 is 0 Å². The Morgan fingerprint density at radius 2 is 1.58 bits per heavy atom. The Balaban J connectivity index is 2.12. The van der Waals surface area contributed by atoms with Crippen molar-refractivity contribution in [1.29, 1.82) is 0 Å². The van der Waals surface area contributed by atoms with Gasteiger partial charge in [-0.1, -0.05) is 55.8 Å². The molecule has 1 fully saturated rings. The van der Waals surface area contributed by atoms with E-state index in [1.807, 2.05) is 57.2 Å². The molecule has 164 valence electrons. The maximum absolute atomic E-state index is 13.0. The van der Waals surface area contributed by atoms with Crippen LogP contribution in [-0.4, -0.2) is 41.3 Å². The highest BCUT2D eigenvalue weighted by Crippen LogP contribution is 2.40. The number of Topliss-reactive ketones (excluding diaryl/α,β-unsaturated/α-hetero) is 1. The fourth-order valence-corrected chi connectivity index (χ4v) is 4.13. The van der Waals surface area contributed by atoms with Crippen LogP contribution in [0.15, 0.2) is 54.1 Å². The van der Waals surface area contributed by atoms with E-state index in [0.29, 0.717) is 12.1 Å². The summed E-state index contributed by atoms with van der Waals surface area (Å²) in [5, 5.41) is 11.1. The molecular weight excluding hydrogens is 388 g/mol. The third-order valence-electron chi connectivity index (χ3n) is 5.76. The molecule has 0 radical (unpaired) electrons. The first-order valence-corrected chi connectivity index (χ1v) is 11.0. The van der Waals surface area contributed by atoms with Gasteiger partial charge in [0.1, 0.15) is 5.76 Å². The molecule has 1 saturated heterocycles. The molecule has 1 atom stereocenters. The molecule has 1 aliphatic rings. The number of aliphatic hydroxyl groups excluding tert-OH is 1. The van der Waals surface area contributed by atoms with E-state index in [0.717, 1.165) is 29.9 Å². The predicted molar refractivity (Wildman–Crippen MR) is 125 cm³/mol. The molecule has 3 rings (SSSR count). The van der Waals surface area contributed by atoms with Gasteiger partial charge in [0.05, 0.1) is 11.6 Å². The molecule has 0 spiro atoms. The minimum Gasteiger partial charge on any atom is -0.507 e. The second kappa shape index (κ2) is 9.38. The monoisotopic (exact) mass is 420 g/mol. The second-order valence-electron chi connectivity index (χ2n) is 8.48. The molecule has 0 saturated carbocycles. The van der Waals surface area contributed by atoms with Crippen molar-refractivity contribution in [2.75, 3.05) is 24.5 Å². The summed E-state index contributed by atoms with van der Waals surface area (Å²) in [4.78, 5) is 29.8. The summed E-state index contributed by atoms with van der Waals surface area (Å²) < 4.78 is 0. The highest BCUT2D eigenvalue weighted by atomic mass is 16.3. The van der Waals surface area contributed by atoms with Gasteiger partial charge in [-0.25, -0.2) is 0 Å². The number of carbonyl (C=O) groups is 2. The van der Waals surface area contributed by atoms with E-state index in [2.05, 4.69) is 18.7 Å². The number of amides is 1. The standard InChI is InChI=1S/C26H32N2O3/c1-6-27(7-2)21-14-12-19(13-15-21)23-22(24(29)20-10-8-18(5)9-11-20)25(30)26(31)28(23)16-17(3)4/h8-15,17,23,29H,6-7,16H2,1-5H3. The first kappa shape index (κ1) is 22.6. The van der Waals surface area contributed by atoms with Crippen LogP contribution in [0.3, 0.4) is 0 Å². The number of aliphatic hydroxyl groups is 1. The molecule has 1 unspecified atom stereocenters. The van der Waals surface area contributed by atoms with E-state index in [1.165, 1.54) is 0 Å². The van der Waals surface area contributed by atoms with Gasteiger partial charge in [-0.3, -0.25) is 9.59 Å². The summed E-state index contributed by atoms with van der Waals surface area (Å²) in [5.74, 6) is -1.12. The van der Waals surface area contributed by atoms with Crippen LogP contribution < -0.4 is 4.90 Å². The smallest absolute Gasteiger partial charge is 0.295 e. The molecule has 1 amide bonds. The zero-order chi connectivity index (χ0) is 22.7. The van der Waals surface area contributed by atoms with Crippen molar-refractivity contribution >= 4 is 23.1 Å². The van der Waals surface area contributed by atoms with E-state index in [1.54, 1.807) is 17.0 Å². The highest BCUT2D eigenvalue weighted by molar-refractivity contribution is 6.46. The third-order valence-corrected chi connectivity index (χ3v) is 5.76. The minimum absolute atomic E-state index is 0.123. The van der Waals surface area contributed by atoms with Crippen molar-refractivity contribution in [2.24, 2.45) is 5.92 Å². The molecule has 31 heavy (non-hydrogen) atoms. The lowest BCUT2D eigenvalue weighted by Gasteiger charge is -2.28. The number of benzene rings is 2. The number of rotatable bonds is 7. The molecule has 0 aliphatic carbocycles. The topological polar surface area (TPSA) is 60.9 Å². The maximum atomic E-state index is 13.0. The summed E-state index contributed by atoms with van der Waals surface area (Å²) in [6.45, 7) is 12.4. The van der Waals surface area contributed by atoms with Crippen molar-refractivity contribution in [3.8, 4) is 0 Å². The fraction of sp³-hybridized carbons (Fsp3) is 0.385. The van der Waals surface area contributed by atoms with E-state index < -0.39 is 17.7 Å². The van der Waals surface area contributed by atoms with Crippen molar-refractivity contribution in [3.63, 3.8) is 0 Å². The fourth-order valence-electron chi connectivity index (χ4n) is 4.13. The zero-order valence-corrected chi connectivity index (χ0v) is 19.1. The predicted octanol–water partition coefficient (Wildman–Crippen LogP) is 4.92. The van der Waals surface area contributed by atoms with Crippen LogP contribution in [0, 0.1) is 12.8 Å². The highest BCUT2D eigenvalue weighted by Gasteiger charge is 2.46. The Morgan fingerprint density at radius 1 is 1.00 bits per heavy atom. The van der Waals surface area contributed by atoms with Crippen LogP contribution in [0.4, 0.5) is 5.69 Å². The first-order chi connectivity index (χ1) is 14.8. The van der Waals surface area contributed by atoms with Gasteiger partial charge in [-0.05, 0) is 44.4 Å². The summed E-state index contributed by atoms with van der Waals surface area (Å²) in [5.41, 5.74) is 3.67. The number of likely N-dealkylation sites (tertiary alicyclic amines) is 1. The molecule has 1 aliphatic heterocycles. The average Bonchev–Trinajstić information content (AvgIpc) is 2.99. The van der Waals surface area contributed by atoms with Gasteiger partial charge in [0.2, 0.25) is 0 Å². The van der Waals surface area contributed by atoms with E-state index in [4.69, 9.17) is 0 Å². The van der Waals surface area contributed by atoms with Crippen molar-refractivity contribution in [1.82, 2.24) is 4.90 Å². The molecule has 0 aromatic heterocycles. The van der Waals surface area contributed by atoms with Gasteiger partial charge in [0, 0.05) is 30.9 Å². The van der Waals surface area contributed by atoms with Crippen LogP contribution >= 0.6 is 0 Å². The SMILES string of the molecule is CCN(CC)c1ccc(C2C(=C(O)c3ccc(C)cc3)C(=O)C(=O)N2CC(C)C)cc1. The summed E-state index contributed by atoms with van der Waals surface area (Å²) in [6.07, 6.45) is 0. The lowest BCUT2D eigenvalue weighted by Crippen LogP contribution is -2.33. The Bertz CT molecular complexity index is 971. The van der Waals surface area contributed by atoms with Crippen molar-refractivity contribution < 1.29 is 14.7 Å². The van der Waals surface area contributed by atoms with Crippen LogP contribution in [0.1, 0.15) is 50.4 Å².